The van der Waals surface area contributed by atoms with Gasteiger partial charge in [0.05, 0.1) is 13.2 Å². The number of carbonyl (C=O) groups excluding carboxylic acids is 2. The minimum absolute atomic E-state index is 0.0756. The van der Waals surface area contributed by atoms with Gasteiger partial charge in [-0.2, -0.15) is 0 Å². The Morgan fingerprint density at radius 1 is 1.12 bits per heavy atom. The first-order chi connectivity index (χ1) is 11.7. The predicted molar refractivity (Wildman–Crippen MR) is 86.1 cm³/mol. The Balaban J connectivity index is 1.70. The Bertz CT molecular complexity index is 590. The first kappa shape index (κ1) is 16.8. The third-order valence-corrected chi connectivity index (χ3v) is 5.15. The molecule has 1 unspecified atom stereocenters. The van der Waals surface area contributed by atoms with Crippen molar-refractivity contribution in [1.29, 1.82) is 0 Å². The summed E-state index contributed by atoms with van der Waals surface area (Å²) in [4.78, 5) is 26.3. The molecule has 1 aliphatic heterocycles. The SMILES string of the molecule is COC(=O)[C@@H]1[C@H]2CCC(OC)[C@H]2CN1C(=O)OCc1ccccc1. The molecule has 6 heteroatoms. The fourth-order valence-corrected chi connectivity index (χ4v) is 3.98. The lowest BCUT2D eigenvalue weighted by molar-refractivity contribution is -0.146. The van der Waals surface area contributed by atoms with Crippen molar-refractivity contribution in [3.8, 4) is 0 Å². The quantitative estimate of drug-likeness (QED) is 0.791. The van der Waals surface area contributed by atoms with Gasteiger partial charge in [-0.1, -0.05) is 30.3 Å². The van der Waals surface area contributed by atoms with Gasteiger partial charge in [0.2, 0.25) is 0 Å². The van der Waals surface area contributed by atoms with Gasteiger partial charge in [0.1, 0.15) is 12.6 Å². The third kappa shape index (κ3) is 3.11. The molecule has 0 aromatic heterocycles. The second-order valence-electron chi connectivity index (χ2n) is 6.34. The van der Waals surface area contributed by atoms with Gasteiger partial charge in [0.25, 0.3) is 0 Å². The first-order valence-electron chi connectivity index (χ1n) is 8.23. The standard InChI is InChI=1S/C18H23NO5/c1-22-15-9-8-13-14(15)10-19(16(13)17(20)23-2)18(21)24-11-12-6-4-3-5-7-12/h3-7,13-16H,8-11H2,1-2H3/t13-,14-,15?,16-/m0/s1. The molecule has 3 rings (SSSR count). The molecule has 4 atom stereocenters. The summed E-state index contributed by atoms with van der Waals surface area (Å²) >= 11 is 0. The molecule has 0 N–H and O–H groups in total. The molecule has 0 spiro atoms. The molecule has 24 heavy (non-hydrogen) atoms. The normalized spacial score (nSPS) is 28.5. The number of amides is 1. The van der Waals surface area contributed by atoms with Gasteiger partial charge in [0.15, 0.2) is 0 Å². The van der Waals surface area contributed by atoms with Crippen LogP contribution in [0.15, 0.2) is 30.3 Å². The van der Waals surface area contributed by atoms with Crippen LogP contribution in [0.25, 0.3) is 0 Å². The second-order valence-corrected chi connectivity index (χ2v) is 6.34. The lowest BCUT2D eigenvalue weighted by atomic mass is 9.93. The molecule has 1 amide bonds. The monoisotopic (exact) mass is 333 g/mol. The molecule has 2 aliphatic rings. The van der Waals surface area contributed by atoms with Crippen LogP contribution in [0, 0.1) is 11.8 Å². The van der Waals surface area contributed by atoms with E-state index in [1.807, 2.05) is 30.3 Å². The fraction of sp³-hybridized carbons (Fsp3) is 0.556. The fourth-order valence-electron chi connectivity index (χ4n) is 3.98. The molecule has 1 aliphatic carbocycles. The van der Waals surface area contributed by atoms with Crippen LogP contribution in [0.3, 0.4) is 0 Å². The number of likely N-dealkylation sites (tertiary alicyclic amines) is 1. The Kier molecular flexibility index (Phi) is 5.04. The molecule has 0 bridgehead atoms. The van der Waals surface area contributed by atoms with E-state index in [9.17, 15) is 9.59 Å². The van der Waals surface area contributed by atoms with Crippen molar-refractivity contribution in [3.63, 3.8) is 0 Å². The number of nitrogens with zero attached hydrogens (tertiary/aromatic N) is 1. The number of ether oxygens (including phenoxy) is 3. The number of rotatable bonds is 4. The lowest BCUT2D eigenvalue weighted by Crippen LogP contribution is -2.44. The van der Waals surface area contributed by atoms with Crippen LogP contribution < -0.4 is 0 Å². The Hall–Kier alpha value is -2.08. The van der Waals surface area contributed by atoms with E-state index in [1.54, 1.807) is 7.11 Å². The van der Waals surface area contributed by atoms with Gasteiger partial charge < -0.3 is 14.2 Å². The zero-order valence-electron chi connectivity index (χ0n) is 14.0. The molecule has 1 saturated heterocycles. The summed E-state index contributed by atoms with van der Waals surface area (Å²) in [5.41, 5.74) is 0.912. The molecule has 130 valence electrons. The largest absolute Gasteiger partial charge is 0.467 e. The summed E-state index contributed by atoms with van der Waals surface area (Å²) < 4.78 is 15.8. The van der Waals surface area contributed by atoms with E-state index in [0.29, 0.717) is 6.54 Å². The zero-order valence-corrected chi connectivity index (χ0v) is 14.0. The van der Waals surface area contributed by atoms with Gasteiger partial charge >= 0.3 is 12.1 Å². The van der Waals surface area contributed by atoms with Gasteiger partial charge in [-0.05, 0) is 24.3 Å². The smallest absolute Gasteiger partial charge is 0.410 e. The highest BCUT2D eigenvalue weighted by Gasteiger charge is 2.54. The van der Waals surface area contributed by atoms with Gasteiger partial charge in [0, 0.05) is 19.6 Å². The Morgan fingerprint density at radius 3 is 2.54 bits per heavy atom. The maximum Gasteiger partial charge on any atom is 0.410 e. The second kappa shape index (κ2) is 7.21. The van der Waals surface area contributed by atoms with Crippen LogP contribution in [-0.2, 0) is 25.6 Å². The highest BCUT2D eigenvalue weighted by molar-refractivity contribution is 5.82. The molecule has 0 radical (unpaired) electrons. The van der Waals surface area contributed by atoms with E-state index in [4.69, 9.17) is 14.2 Å². The maximum absolute atomic E-state index is 12.5. The first-order valence-corrected chi connectivity index (χ1v) is 8.23. The van der Waals surface area contributed by atoms with E-state index in [-0.39, 0.29) is 30.5 Å². The third-order valence-electron chi connectivity index (χ3n) is 5.15. The highest BCUT2D eigenvalue weighted by atomic mass is 16.6. The van der Waals surface area contributed by atoms with Crippen LogP contribution in [0.2, 0.25) is 0 Å². The van der Waals surface area contributed by atoms with Crippen molar-refractivity contribution >= 4 is 12.1 Å². The molecular formula is C18H23NO5. The van der Waals surface area contributed by atoms with E-state index < -0.39 is 12.1 Å². The molecule has 1 heterocycles. The number of hydrogen-bond donors (Lipinski definition) is 0. The topological polar surface area (TPSA) is 65.1 Å². The number of hydrogen-bond acceptors (Lipinski definition) is 5. The summed E-state index contributed by atoms with van der Waals surface area (Å²) in [6.45, 7) is 0.656. The van der Waals surface area contributed by atoms with Gasteiger partial charge in [-0.15, -0.1) is 0 Å². The minimum atomic E-state index is -0.580. The average Bonchev–Trinajstić information content (AvgIpc) is 3.18. The molecule has 2 fully saturated rings. The van der Waals surface area contributed by atoms with Crippen LogP contribution in [0.1, 0.15) is 18.4 Å². The van der Waals surface area contributed by atoms with Gasteiger partial charge in [-0.3, -0.25) is 4.90 Å². The Morgan fingerprint density at radius 2 is 1.88 bits per heavy atom. The van der Waals surface area contributed by atoms with Crippen molar-refractivity contribution < 1.29 is 23.8 Å². The summed E-state index contributed by atoms with van der Waals surface area (Å²) in [7, 11) is 3.03. The van der Waals surface area contributed by atoms with Crippen molar-refractivity contribution in [1.82, 2.24) is 4.90 Å². The summed E-state index contributed by atoms with van der Waals surface area (Å²) in [5, 5.41) is 0. The van der Waals surface area contributed by atoms with Crippen molar-refractivity contribution in [2.45, 2.75) is 31.6 Å². The lowest BCUT2D eigenvalue weighted by Gasteiger charge is -2.25. The minimum Gasteiger partial charge on any atom is -0.467 e. The number of benzene rings is 1. The number of fused-ring (bicyclic) bond motifs is 1. The van der Waals surface area contributed by atoms with Crippen molar-refractivity contribution in [3.05, 3.63) is 35.9 Å². The average molecular weight is 333 g/mol. The van der Waals surface area contributed by atoms with Crippen LogP contribution in [0.5, 0.6) is 0 Å². The molecule has 1 aromatic rings. The summed E-state index contributed by atoms with van der Waals surface area (Å²) in [6, 6.07) is 8.90. The van der Waals surface area contributed by atoms with E-state index >= 15 is 0 Å². The van der Waals surface area contributed by atoms with E-state index in [1.165, 1.54) is 12.0 Å². The zero-order chi connectivity index (χ0) is 17.1. The van der Waals surface area contributed by atoms with E-state index in [2.05, 4.69) is 0 Å². The van der Waals surface area contributed by atoms with Crippen molar-refractivity contribution in [2.75, 3.05) is 20.8 Å². The van der Waals surface area contributed by atoms with Gasteiger partial charge in [-0.25, -0.2) is 9.59 Å². The van der Waals surface area contributed by atoms with Crippen LogP contribution in [0.4, 0.5) is 4.79 Å². The summed E-state index contributed by atoms with van der Waals surface area (Å²) in [5.74, 6) is -0.147. The highest BCUT2D eigenvalue weighted by Crippen LogP contribution is 2.44. The van der Waals surface area contributed by atoms with Crippen LogP contribution >= 0.6 is 0 Å². The summed E-state index contributed by atoms with van der Waals surface area (Å²) in [6.07, 6.45) is 1.37. The molecule has 1 aromatic carbocycles. The maximum atomic E-state index is 12.5. The number of methoxy groups -OCH3 is 2. The molecular weight excluding hydrogens is 310 g/mol. The van der Waals surface area contributed by atoms with Crippen LogP contribution in [-0.4, -0.2) is 49.9 Å². The Labute approximate surface area is 141 Å². The van der Waals surface area contributed by atoms with E-state index in [0.717, 1.165) is 18.4 Å². The van der Waals surface area contributed by atoms with Crippen molar-refractivity contribution in [2.24, 2.45) is 11.8 Å². The molecule has 6 nitrogen and oxygen atoms in total. The number of carbonyl (C=O) groups is 2. The molecule has 1 saturated carbocycles. The number of esters is 1. The predicted octanol–water partition coefficient (Wildman–Crippen LogP) is 2.22.